The van der Waals surface area contributed by atoms with Crippen LogP contribution in [-0.4, -0.2) is 27.0 Å². The summed E-state index contributed by atoms with van der Waals surface area (Å²) in [4.78, 5) is 11.8. The van der Waals surface area contributed by atoms with Crippen molar-refractivity contribution in [2.75, 3.05) is 0 Å². The SMILES string of the molecule is Cc1cccnc1CN(C1CCC(N)CC1)C(C)c1ccccn1. The molecule has 2 aromatic heterocycles. The smallest absolute Gasteiger partial charge is 0.0573 e. The molecule has 1 fully saturated rings. The van der Waals surface area contributed by atoms with Crippen LogP contribution in [0.3, 0.4) is 0 Å². The number of nitrogens with zero attached hydrogens (tertiary/aromatic N) is 3. The topological polar surface area (TPSA) is 55.0 Å². The van der Waals surface area contributed by atoms with Gasteiger partial charge < -0.3 is 5.73 Å². The third-order valence-electron chi connectivity index (χ3n) is 5.27. The van der Waals surface area contributed by atoms with Crippen LogP contribution in [0.1, 0.15) is 55.6 Å². The molecule has 2 heterocycles. The second-order valence-corrected chi connectivity index (χ2v) is 6.94. The molecular formula is C20H28N4. The molecule has 2 aromatic rings. The quantitative estimate of drug-likeness (QED) is 0.912. The van der Waals surface area contributed by atoms with E-state index in [-0.39, 0.29) is 6.04 Å². The molecule has 1 aliphatic carbocycles. The minimum absolute atomic E-state index is 0.270. The summed E-state index contributed by atoms with van der Waals surface area (Å²) >= 11 is 0. The molecule has 128 valence electrons. The monoisotopic (exact) mass is 324 g/mol. The standard InChI is InChI=1S/C20H28N4/c1-15-6-5-13-23-20(15)14-24(18-10-8-17(21)9-11-18)16(2)19-7-3-4-12-22-19/h3-7,12-13,16-18H,8-11,14,21H2,1-2H3. The lowest BCUT2D eigenvalue weighted by Gasteiger charge is -2.39. The average molecular weight is 324 g/mol. The van der Waals surface area contributed by atoms with E-state index in [9.17, 15) is 0 Å². The molecule has 0 aliphatic heterocycles. The lowest BCUT2D eigenvalue weighted by molar-refractivity contribution is 0.0954. The predicted octanol–water partition coefficient (Wildman–Crippen LogP) is 3.62. The van der Waals surface area contributed by atoms with Crippen molar-refractivity contribution in [1.82, 2.24) is 14.9 Å². The van der Waals surface area contributed by atoms with Gasteiger partial charge in [-0.1, -0.05) is 12.1 Å². The van der Waals surface area contributed by atoms with E-state index in [1.165, 1.54) is 5.56 Å². The molecule has 2 N–H and O–H groups in total. The summed E-state index contributed by atoms with van der Waals surface area (Å²) < 4.78 is 0. The highest BCUT2D eigenvalue weighted by molar-refractivity contribution is 5.18. The molecule has 1 aliphatic rings. The third-order valence-corrected chi connectivity index (χ3v) is 5.27. The van der Waals surface area contributed by atoms with Gasteiger partial charge in [-0.05, 0) is 63.3 Å². The molecule has 0 radical (unpaired) electrons. The molecule has 0 amide bonds. The Kier molecular flexibility index (Phi) is 5.59. The van der Waals surface area contributed by atoms with E-state index >= 15 is 0 Å². The molecule has 1 atom stereocenters. The highest BCUT2D eigenvalue weighted by Gasteiger charge is 2.29. The molecule has 0 saturated heterocycles. The molecule has 24 heavy (non-hydrogen) atoms. The van der Waals surface area contributed by atoms with Gasteiger partial charge in [0.1, 0.15) is 0 Å². The van der Waals surface area contributed by atoms with E-state index < -0.39 is 0 Å². The molecule has 1 unspecified atom stereocenters. The average Bonchev–Trinajstić information content (AvgIpc) is 2.62. The van der Waals surface area contributed by atoms with Gasteiger partial charge in [-0.3, -0.25) is 14.9 Å². The maximum absolute atomic E-state index is 6.12. The molecule has 4 heteroatoms. The van der Waals surface area contributed by atoms with Crippen molar-refractivity contribution < 1.29 is 0 Å². The van der Waals surface area contributed by atoms with Gasteiger partial charge in [0.05, 0.1) is 11.4 Å². The maximum Gasteiger partial charge on any atom is 0.0573 e. The van der Waals surface area contributed by atoms with Gasteiger partial charge in [0, 0.05) is 37.1 Å². The first kappa shape index (κ1) is 17.1. The second-order valence-electron chi connectivity index (χ2n) is 6.94. The summed E-state index contributed by atoms with van der Waals surface area (Å²) in [6, 6.07) is 11.5. The first-order chi connectivity index (χ1) is 11.6. The summed E-state index contributed by atoms with van der Waals surface area (Å²) in [5.74, 6) is 0. The van der Waals surface area contributed by atoms with Crippen LogP contribution in [-0.2, 0) is 6.54 Å². The van der Waals surface area contributed by atoms with Crippen LogP contribution in [0.15, 0.2) is 42.7 Å². The highest BCUT2D eigenvalue weighted by Crippen LogP contribution is 2.30. The lowest BCUT2D eigenvalue weighted by atomic mass is 9.89. The zero-order chi connectivity index (χ0) is 16.9. The van der Waals surface area contributed by atoms with Gasteiger partial charge in [0.25, 0.3) is 0 Å². The van der Waals surface area contributed by atoms with Crippen LogP contribution < -0.4 is 5.73 Å². The summed E-state index contributed by atoms with van der Waals surface area (Å²) in [5, 5.41) is 0. The van der Waals surface area contributed by atoms with Crippen LogP contribution in [0, 0.1) is 6.92 Å². The van der Waals surface area contributed by atoms with Crippen molar-refractivity contribution in [2.45, 2.75) is 64.2 Å². The van der Waals surface area contributed by atoms with Crippen molar-refractivity contribution in [2.24, 2.45) is 5.73 Å². The van der Waals surface area contributed by atoms with E-state index in [4.69, 9.17) is 5.73 Å². The summed E-state index contributed by atoms with van der Waals surface area (Å²) in [6.07, 6.45) is 8.30. The van der Waals surface area contributed by atoms with Crippen LogP contribution in [0.2, 0.25) is 0 Å². The van der Waals surface area contributed by atoms with Gasteiger partial charge in [0.2, 0.25) is 0 Å². The number of hydrogen-bond acceptors (Lipinski definition) is 4. The molecule has 3 rings (SSSR count). The first-order valence-corrected chi connectivity index (χ1v) is 8.98. The Bertz CT molecular complexity index is 635. The fourth-order valence-corrected chi connectivity index (χ4v) is 3.67. The molecule has 1 saturated carbocycles. The van der Waals surface area contributed by atoms with Crippen LogP contribution in [0.5, 0.6) is 0 Å². The van der Waals surface area contributed by atoms with Crippen LogP contribution >= 0.6 is 0 Å². The Labute approximate surface area is 145 Å². The van der Waals surface area contributed by atoms with Gasteiger partial charge in [-0.25, -0.2) is 0 Å². The van der Waals surface area contributed by atoms with E-state index in [0.29, 0.717) is 12.1 Å². The maximum atomic E-state index is 6.12. The zero-order valence-electron chi connectivity index (χ0n) is 14.7. The summed E-state index contributed by atoms with van der Waals surface area (Å²) in [6.45, 7) is 5.27. The van der Waals surface area contributed by atoms with Crippen molar-refractivity contribution in [3.05, 3.63) is 59.7 Å². The second kappa shape index (κ2) is 7.86. The predicted molar refractivity (Wildman–Crippen MR) is 97.4 cm³/mol. The third kappa shape index (κ3) is 4.00. The fraction of sp³-hybridized carbons (Fsp3) is 0.500. The Hall–Kier alpha value is -1.78. The zero-order valence-corrected chi connectivity index (χ0v) is 14.7. The van der Waals surface area contributed by atoms with Gasteiger partial charge in [-0.2, -0.15) is 0 Å². The van der Waals surface area contributed by atoms with Gasteiger partial charge >= 0.3 is 0 Å². The molecular weight excluding hydrogens is 296 g/mol. The minimum atomic E-state index is 0.270. The van der Waals surface area contributed by atoms with E-state index in [1.54, 1.807) is 0 Å². The van der Waals surface area contributed by atoms with E-state index in [1.807, 2.05) is 24.5 Å². The number of rotatable bonds is 5. The Morgan fingerprint density at radius 2 is 1.83 bits per heavy atom. The molecule has 0 aromatic carbocycles. The number of aryl methyl sites for hydroxylation is 1. The van der Waals surface area contributed by atoms with Crippen molar-refractivity contribution in [3.8, 4) is 0 Å². The summed E-state index contributed by atoms with van der Waals surface area (Å²) in [7, 11) is 0. The lowest BCUT2D eigenvalue weighted by Crippen LogP contribution is -2.42. The highest BCUT2D eigenvalue weighted by atomic mass is 15.2. The number of nitrogens with two attached hydrogens (primary N) is 1. The van der Waals surface area contributed by atoms with Crippen LogP contribution in [0.25, 0.3) is 0 Å². The van der Waals surface area contributed by atoms with E-state index in [2.05, 4.69) is 46.9 Å². The van der Waals surface area contributed by atoms with Crippen molar-refractivity contribution in [3.63, 3.8) is 0 Å². The summed E-state index contributed by atoms with van der Waals surface area (Å²) in [5.41, 5.74) is 9.66. The Balaban J connectivity index is 1.84. The molecule has 0 spiro atoms. The number of pyridine rings is 2. The largest absolute Gasteiger partial charge is 0.328 e. The van der Waals surface area contributed by atoms with Crippen LogP contribution in [0.4, 0.5) is 0 Å². The van der Waals surface area contributed by atoms with Gasteiger partial charge in [-0.15, -0.1) is 0 Å². The van der Waals surface area contributed by atoms with Crippen molar-refractivity contribution >= 4 is 0 Å². The van der Waals surface area contributed by atoms with Crippen molar-refractivity contribution in [1.29, 1.82) is 0 Å². The normalized spacial score (nSPS) is 22.5. The fourth-order valence-electron chi connectivity index (χ4n) is 3.67. The molecule has 4 nitrogen and oxygen atoms in total. The van der Waals surface area contributed by atoms with E-state index in [0.717, 1.165) is 43.6 Å². The Morgan fingerprint density at radius 1 is 1.08 bits per heavy atom. The first-order valence-electron chi connectivity index (χ1n) is 8.98. The Morgan fingerprint density at radius 3 is 2.50 bits per heavy atom. The number of hydrogen-bond donors (Lipinski definition) is 1. The number of aromatic nitrogens is 2. The van der Waals surface area contributed by atoms with Gasteiger partial charge in [0.15, 0.2) is 0 Å². The minimum Gasteiger partial charge on any atom is -0.328 e. The molecule has 0 bridgehead atoms.